The highest BCUT2D eigenvalue weighted by atomic mass is 31.2. The minimum atomic E-state index is -4.17. The molecule has 6 heteroatoms. The Balaban J connectivity index is 3.55. The molecule has 0 aromatic rings. The van der Waals surface area contributed by atoms with Crippen LogP contribution in [0.5, 0.6) is 0 Å². The summed E-state index contributed by atoms with van der Waals surface area (Å²) < 4.78 is 17.5. The fourth-order valence-corrected chi connectivity index (χ4v) is 0.370. The summed E-state index contributed by atoms with van der Waals surface area (Å²) in [4.78, 5) is 10.0. The van der Waals surface area contributed by atoms with E-state index in [9.17, 15) is 9.46 Å². The first kappa shape index (κ1) is 8.07. The lowest BCUT2D eigenvalue weighted by Crippen LogP contribution is -2.06. The standard InChI is InChI=1S/C2H7O5P/c1-6-8(4,5)7-2-3/h3H,2H2,1H3,(H,4,5)/p-1. The van der Waals surface area contributed by atoms with Gasteiger partial charge < -0.3 is 14.5 Å². The number of aliphatic hydroxyl groups is 1. The Hall–Kier alpha value is 0.0700. The molecule has 8 heavy (non-hydrogen) atoms. The summed E-state index contributed by atoms with van der Waals surface area (Å²) >= 11 is 0. The highest BCUT2D eigenvalue weighted by Gasteiger charge is 2.02. The summed E-state index contributed by atoms with van der Waals surface area (Å²) in [6, 6.07) is 0. The van der Waals surface area contributed by atoms with Crippen LogP contribution in [0.1, 0.15) is 0 Å². The van der Waals surface area contributed by atoms with Crippen molar-refractivity contribution in [1.29, 1.82) is 0 Å². The molecule has 0 radical (unpaired) electrons. The third kappa shape index (κ3) is 3.12. The number of phosphoric acid groups is 1. The first-order chi connectivity index (χ1) is 3.62. The summed E-state index contributed by atoms with van der Waals surface area (Å²) in [5.74, 6) is 0. The largest absolute Gasteiger partial charge is 0.756 e. The molecule has 50 valence electrons. The van der Waals surface area contributed by atoms with Crippen molar-refractivity contribution in [1.82, 2.24) is 0 Å². The van der Waals surface area contributed by atoms with Crippen LogP contribution in [0.2, 0.25) is 0 Å². The zero-order valence-electron chi connectivity index (χ0n) is 4.23. The van der Waals surface area contributed by atoms with E-state index in [-0.39, 0.29) is 0 Å². The molecule has 0 fully saturated rings. The molecule has 0 aromatic carbocycles. The second kappa shape index (κ2) is 3.17. The van der Waals surface area contributed by atoms with Crippen LogP contribution in [0.15, 0.2) is 0 Å². The second-order valence-corrected chi connectivity index (χ2v) is 2.41. The van der Waals surface area contributed by atoms with Gasteiger partial charge in [0, 0.05) is 7.11 Å². The van der Waals surface area contributed by atoms with E-state index >= 15 is 0 Å². The molecule has 0 rings (SSSR count). The smallest absolute Gasteiger partial charge is 0.269 e. The number of hydrogen-bond donors (Lipinski definition) is 1. The Bertz CT molecular complexity index is 101. The maximum Gasteiger partial charge on any atom is 0.269 e. The molecule has 0 saturated heterocycles. The zero-order chi connectivity index (χ0) is 6.62. The number of hydrogen-bond acceptors (Lipinski definition) is 5. The molecule has 0 aliphatic rings. The molecule has 0 saturated carbocycles. The molecule has 5 nitrogen and oxygen atoms in total. The van der Waals surface area contributed by atoms with Crippen molar-refractivity contribution >= 4 is 7.82 Å². The monoisotopic (exact) mass is 141 g/mol. The van der Waals surface area contributed by atoms with E-state index in [1.807, 2.05) is 0 Å². The lowest BCUT2D eigenvalue weighted by molar-refractivity contribution is -0.228. The molecule has 1 atom stereocenters. The first-order valence-electron chi connectivity index (χ1n) is 1.74. The fourth-order valence-electron chi connectivity index (χ4n) is 0.123. The molecule has 0 spiro atoms. The van der Waals surface area contributed by atoms with Crippen molar-refractivity contribution in [2.75, 3.05) is 13.9 Å². The van der Waals surface area contributed by atoms with Crippen LogP contribution in [-0.2, 0) is 13.6 Å². The zero-order valence-corrected chi connectivity index (χ0v) is 5.13. The molecular formula is C2H6O5P-. The number of rotatable bonds is 3. The summed E-state index contributed by atoms with van der Waals surface area (Å²) in [5, 5.41) is 7.86. The van der Waals surface area contributed by atoms with E-state index in [2.05, 4.69) is 9.05 Å². The number of phosphoric ester groups is 1. The minimum absolute atomic E-state index is 0.880. The van der Waals surface area contributed by atoms with Gasteiger partial charge in [-0.1, -0.05) is 0 Å². The van der Waals surface area contributed by atoms with E-state index in [0.29, 0.717) is 0 Å². The highest BCUT2D eigenvalue weighted by molar-refractivity contribution is 7.45. The molecule has 1 unspecified atom stereocenters. The summed E-state index contributed by atoms with van der Waals surface area (Å²) in [5.41, 5.74) is 0. The van der Waals surface area contributed by atoms with Gasteiger partial charge in [-0.2, -0.15) is 0 Å². The van der Waals surface area contributed by atoms with Crippen molar-refractivity contribution in [3.8, 4) is 0 Å². The highest BCUT2D eigenvalue weighted by Crippen LogP contribution is 2.35. The molecule has 0 heterocycles. The third-order valence-corrected chi connectivity index (χ3v) is 1.32. The Labute approximate surface area is 46.5 Å². The Morgan fingerprint density at radius 3 is 2.50 bits per heavy atom. The van der Waals surface area contributed by atoms with Crippen LogP contribution >= 0.6 is 7.82 Å². The van der Waals surface area contributed by atoms with Crippen LogP contribution in [0.25, 0.3) is 0 Å². The Kier molecular flexibility index (Phi) is 3.19. The van der Waals surface area contributed by atoms with Crippen molar-refractivity contribution < 1.29 is 23.6 Å². The minimum Gasteiger partial charge on any atom is -0.756 e. The number of aliphatic hydroxyl groups excluding tert-OH is 1. The van der Waals surface area contributed by atoms with Gasteiger partial charge in [0.2, 0.25) is 0 Å². The maximum atomic E-state index is 10.0. The van der Waals surface area contributed by atoms with Crippen LogP contribution < -0.4 is 4.89 Å². The van der Waals surface area contributed by atoms with Crippen molar-refractivity contribution in [2.45, 2.75) is 0 Å². The molecule has 0 aliphatic carbocycles. The summed E-state index contributed by atoms with van der Waals surface area (Å²) in [6.07, 6.45) is 0. The Morgan fingerprint density at radius 1 is 1.88 bits per heavy atom. The topological polar surface area (TPSA) is 78.8 Å². The van der Waals surface area contributed by atoms with Gasteiger partial charge in [0.15, 0.2) is 6.79 Å². The van der Waals surface area contributed by atoms with E-state index in [1.54, 1.807) is 0 Å². The molecule has 1 N–H and O–H groups in total. The molecule has 0 amide bonds. The molecule has 0 bridgehead atoms. The molecule has 0 aliphatic heterocycles. The van der Waals surface area contributed by atoms with E-state index in [1.165, 1.54) is 0 Å². The van der Waals surface area contributed by atoms with Gasteiger partial charge in [0.1, 0.15) is 0 Å². The molecule has 0 aromatic heterocycles. The fraction of sp³-hybridized carbons (Fsp3) is 1.00. The molecular weight excluding hydrogens is 135 g/mol. The van der Waals surface area contributed by atoms with Gasteiger partial charge in [0.05, 0.1) is 0 Å². The second-order valence-electron chi connectivity index (χ2n) is 0.888. The van der Waals surface area contributed by atoms with Crippen molar-refractivity contribution in [3.63, 3.8) is 0 Å². The summed E-state index contributed by atoms with van der Waals surface area (Å²) in [7, 11) is -3.23. The van der Waals surface area contributed by atoms with Gasteiger partial charge >= 0.3 is 0 Å². The SMILES string of the molecule is COP(=O)([O-])OCO. The Morgan fingerprint density at radius 2 is 2.38 bits per heavy atom. The van der Waals surface area contributed by atoms with Gasteiger partial charge in [-0.25, -0.2) is 0 Å². The average Bonchev–Trinajstić information content (AvgIpc) is 1.67. The predicted octanol–water partition coefficient (Wildman–Crippen LogP) is -0.932. The van der Waals surface area contributed by atoms with Crippen LogP contribution in [0, 0.1) is 0 Å². The van der Waals surface area contributed by atoms with Crippen molar-refractivity contribution in [2.24, 2.45) is 0 Å². The van der Waals surface area contributed by atoms with Gasteiger partial charge in [0.25, 0.3) is 7.82 Å². The first-order valence-corrected chi connectivity index (χ1v) is 3.20. The van der Waals surface area contributed by atoms with Gasteiger partial charge in [-0.3, -0.25) is 9.09 Å². The lowest BCUT2D eigenvalue weighted by Gasteiger charge is -2.17. The van der Waals surface area contributed by atoms with Gasteiger partial charge in [-0.05, 0) is 0 Å². The van der Waals surface area contributed by atoms with Crippen molar-refractivity contribution in [3.05, 3.63) is 0 Å². The predicted molar refractivity (Wildman–Crippen MR) is 22.8 cm³/mol. The van der Waals surface area contributed by atoms with E-state index in [4.69, 9.17) is 5.11 Å². The van der Waals surface area contributed by atoms with E-state index < -0.39 is 14.6 Å². The average molecular weight is 141 g/mol. The normalized spacial score (nSPS) is 17.9. The quantitative estimate of drug-likeness (QED) is 0.405. The maximum absolute atomic E-state index is 10.0. The summed E-state index contributed by atoms with van der Waals surface area (Å²) in [6.45, 7) is -0.880. The van der Waals surface area contributed by atoms with Crippen LogP contribution in [-0.4, -0.2) is 19.0 Å². The van der Waals surface area contributed by atoms with Crippen LogP contribution in [0.3, 0.4) is 0 Å². The lowest BCUT2D eigenvalue weighted by atomic mass is 11.6. The third-order valence-electron chi connectivity index (χ3n) is 0.439. The van der Waals surface area contributed by atoms with E-state index in [0.717, 1.165) is 7.11 Å². The van der Waals surface area contributed by atoms with Crippen LogP contribution in [0.4, 0.5) is 0 Å². The van der Waals surface area contributed by atoms with Gasteiger partial charge in [-0.15, -0.1) is 0 Å².